The zero-order valence-electron chi connectivity index (χ0n) is 17.6. The van der Waals surface area contributed by atoms with Crippen molar-refractivity contribution < 1.29 is 14.3 Å². The molecule has 1 saturated carbocycles. The van der Waals surface area contributed by atoms with Crippen LogP contribution in [-0.2, 0) is 9.53 Å². The number of likely N-dealkylation sites (tertiary alicyclic amines) is 1. The molecule has 3 aliphatic rings. The van der Waals surface area contributed by atoms with Gasteiger partial charge in [-0.05, 0) is 32.2 Å². The van der Waals surface area contributed by atoms with Gasteiger partial charge in [0.2, 0.25) is 5.91 Å². The summed E-state index contributed by atoms with van der Waals surface area (Å²) >= 11 is 0. The maximum Gasteiger partial charge on any atom is 0.318 e. The number of amides is 3. The number of morpholine rings is 1. The molecule has 1 unspecified atom stereocenters. The number of nitrogens with one attached hydrogen (secondary N) is 2. The van der Waals surface area contributed by atoms with Gasteiger partial charge in [-0.2, -0.15) is 5.26 Å². The largest absolute Gasteiger partial charge is 0.378 e. The van der Waals surface area contributed by atoms with E-state index in [1.807, 2.05) is 7.05 Å². The first-order chi connectivity index (χ1) is 14.0. The molecule has 2 N–H and O–H groups in total. The summed E-state index contributed by atoms with van der Waals surface area (Å²) in [6.07, 6.45) is 7.69. The maximum absolute atomic E-state index is 13.2. The summed E-state index contributed by atoms with van der Waals surface area (Å²) in [6, 6.07) is 1.54. The smallest absolute Gasteiger partial charge is 0.318 e. The van der Waals surface area contributed by atoms with E-state index in [1.165, 1.54) is 19.3 Å². The number of nitrogens with zero attached hydrogens (tertiary/aromatic N) is 3. The van der Waals surface area contributed by atoms with Gasteiger partial charge in [0.15, 0.2) is 0 Å². The number of nitriles is 1. The zero-order chi connectivity index (χ0) is 20.7. The Labute approximate surface area is 173 Å². The number of piperidine rings is 1. The Balaban J connectivity index is 1.66. The predicted molar refractivity (Wildman–Crippen MR) is 109 cm³/mol. The molecule has 3 rings (SSSR count). The first-order valence-corrected chi connectivity index (χ1v) is 11.1. The van der Waals surface area contributed by atoms with Crippen LogP contribution < -0.4 is 10.6 Å². The van der Waals surface area contributed by atoms with E-state index in [-0.39, 0.29) is 11.9 Å². The minimum absolute atomic E-state index is 0.210. The zero-order valence-corrected chi connectivity index (χ0v) is 17.6. The second-order valence-electron chi connectivity index (χ2n) is 8.83. The third-order valence-corrected chi connectivity index (χ3v) is 6.62. The average Bonchev–Trinajstić information content (AvgIpc) is 2.76. The first kappa shape index (κ1) is 21.8. The van der Waals surface area contributed by atoms with Crippen molar-refractivity contribution in [1.29, 1.82) is 5.26 Å². The Morgan fingerprint density at radius 3 is 2.41 bits per heavy atom. The molecule has 0 aromatic rings. The number of rotatable bonds is 5. The van der Waals surface area contributed by atoms with Crippen LogP contribution in [0.1, 0.15) is 51.4 Å². The van der Waals surface area contributed by atoms with Crippen molar-refractivity contribution in [3.8, 4) is 6.07 Å². The van der Waals surface area contributed by atoms with E-state index in [1.54, 1.807) is 4.90 Å². The van der Waals surface area contributed by atoms with Gasteiger partial charge in [0.05, 0.1) is 19.3 Å². The maximum atomic E-state index is 13.2. The number of ether oxygens (including phenoxy) is 1. The van der Waals surface area contributed by atoms with Crippen LogP contribution >= 0.6 is 0 Å². The highest BCUT2D eigenvalue weighted by atomic mass is 16.5. The predicted octanol–water partition coefficient (Wildman–Crippen LogP) is 1.47. The summed E-state index contributed by atoms with van der Waals surface area (Å²) in [7, 11) is 2.03. The number of carbonyl (C=O) groups excluding carboxylic acids is 2. The molecule has 2 aliphatic heterocycles. The Kier molecular flexibility index (Phi) is 7.73. The highest BCUT2D eigenvalue weighted by Crippen LogP contribution is 2.28. The number of urea groups is 1. The molecule has 2 heterocycles. The molecule has 0 bridgehead atoms. The number of hydrogen-bond acceptors (Lipinski definition) is 5. The molecule has 1 atom stereocenters. The molecule has 162 valence electrons. The summed E-state index contributed by atoms with van der Waals surface area (Å²) in [5.74, 6) is 0.225. The van der Waals surface area contributed by atoms with E-state index in [4.69, 9.17) is 4.74 Å². The molecule has 3 amide bonds. The van der Waals surface area contributed by atoms with Gasteiger partial charge in [-0.15, -0.1) is 0 Å². The molecule has 3 fully saturated rings. The molecule has 0 spiro atoms. The Morgan fingerprint density at radius 2 is 1.79 bits per heavy atom. The van der Waals surface area contributed by atoms with Crippen LogP contribution in [0.3, 0.4) is 0 Å². The Morgan fingerprint density at radius 1 is 1.14 bits per heavy atom. The lowest BCUT2D eigenvalue weighted by Crippen LogP contribution is -2.60. The van der Waals surface area contributed by atoms with Gasteiger partial charge in [-0.1, -0.05) is 32.1 Å². The molecule has 2 saturated heterocycles. The van der Waals surface area contributed by atoms with Crippen molar-refractivity contribution in [1.82, 2.24) is 20.4 Å². The van der Waals surface area contributed by atoms with Crippen LogP contribution in [0.2, 0.25) is 0 Å². The van der Waals surface area contributed by atoms with E-state index >= 15 is 0 Å². The standard InChI is InChI=1S/C21H35N5O3/c1-25-9-7-21(16-22,8-10-25)24-19(27)18(15-17-5-3-2-4-6-17)23-20(28)26-11-13-29-14-12-26/h17-18H,2-15H2,1H3,(H,23,28)(H,24,27). The molecule has 8 nitrogen and oxygen atoms in total. The van der Waals surface area contributed by atoms with E-state index in [0.717, 1.165) is 25.9 Å². The van der Waals surface area contributed by atoms with Gasteiger partial charge in [-0.25, -0.2) is 4.79 Å². The first-order valence-electron chi connectivity index (χ1n) is 11.1. The molecular weight excluding hydrogens is 370 g/mol. The molecular formula is C21H35N5O3. The monoisotopic (exact) mass is 405 g/mol. The lowest BCUT2D eigenvalue weighted by molar-refractivity contribution is -0.125. The van der Waals surface area contributed by atoms with Gasteiger partial charge >= 0.3 is 6.03 Å². The van der Waals surface area contributed by atoms with E-state index in [0.29, 0.717) is 51.5 Å². The summed E-state index contributed by atoms with van der Waals surface area (Å²) in [5.41, 5.74) is -0.835. The van der Waals surface area contributed by atoms with Crippen LogP contribution in [0.25, 0.3) is 0 Å². The van der Waals surface area contributed by atoms with Gasteiger partial charge in [0.1, 0.15) is 11.6 Å². The third kappa shape index (κ3) is 6.06. The second-order valence-corrected chi connectivity index (χ2v) is 8.83. The molecule has 8 heteroatoms. The van der Waals surface area contributed by atoms with Crippen LogP contribution in [0.15, 0.2) is 0 Å². The normalized spacial score (nSPS) is 24.3. The second kappa shape index (κ2) is 10.3. The number of hydrogen-bond donors (Lipinski definition) is 2. The van der Waals surface area contributed by atoms with E-state index in [2.05, 4.69) is 21.6 Å². The van der Waals surface area contributed by atoms with Crippen LogP contribution in [-0.4, -0.2) is 79.8 Å². The molecule has 29 heavy (non-hydrogen) atoms. The quantitative estimate of drug-likeness (QED) is 0.722. The fourth-order valence-electron chi connectivity index (χ4n) is 4.58. The van der Waals surface area contributed by atoms with Gasteiger partial charge in [0.25, 0.3) is 0 Å². The van der Waals surface area contributed by atoms with Crippen molar-refractivity contribution in [3.05, 3.63) is 0 Å². The Bertz CT molecular complexity index is 600. The minimum atomic E-state index is -0.835. The van der Waals surface area contributed by atoms with Crippen LogP contribution in [0, 0.1) is 17.2 Å². The molecule has 0 aromatic carbocycles. The SMILES string of the molecule is CN1CCC(C#N)(NC(=O)C(CC2CCCCC2)NC(=O)N2CCOCC2)CC1. The topological polar surface area (TPSA) is 97.7 Å². The lowest BCUT2D eigenvalue weighted by atomic mass is 9.84. The van der Waals surface area contributed by atoms with E-state index < -0.39 is 11.6 Å². The molecule has 0 aromatic heterocycles. The molecule has 1 aliphatic carbocycles. The molecule has 0 radical (unpaired) electrons. The lowest BCUT2D eigenvalue weighted by Gasteiger charge is -2.37. The fourth-order valence-corrected chi connectivity index (χ4v) is 4.58. The van der Waals surface area contributed by atoms with Crippen molar-refractivity contribution >= 4 is 11.9 Å². The summed E-state index contributed by atoms with van der Waals surface area (Å²) in [6.45, 7) is 3.69. The highest BCUT2D eigenvalue weighted by molar-refractivity contribution is 5.87. The fraction of sp³-hybridized carbons (Fsp3) is 0.857. The Hall–Kier alpha value is -1.85. The van der Waals surface area contributed by atoms with Crippen molar-refractivity contribution in [3.63, 3.8) is 0 Å². The highest BCUT2D eigenvalue weighted by Gasteiger charge is 2.38. The van der Waals surface area contributed by atoms with Gasteiger partial charge < -0.3 is 25.2 Å². The summed E-state index contributed by atoms with van der Waals surface area (Å²) < 4.78 is 5.32. The van der Waals surface area contributed by atoms with Crippen LogP contribution in [0.5, 0.6) is 0 Å². The van der Waals surface area contributed by atoms with Crippen molar-refractivity contribution in [2.45, 2.75) is 62.9 Å². The summed E-state index contributed by atoms with van der Waals surface area (Å²) in [4.78, 5) is 29.8. The average molecular weight is 406 g/mol. The van der Waals surface area contributed by atoms with Crippen molar-refractivity contribution in [2.24, 2.45) is 5.92 Å². The number of carbonyl (C=O) groups is 2. The minimum Gasteiger partial charge on any atom is -0.378 e. The van der Waals surface area contributed by atoms with Gasteiger partial charge in [-0.3, -0.25) is 4.79 Å². The summed E-state index contributed by atoms with van der Waals surface area (Å²) in [5, 5.41) is 15.8. The van der Waals surface area contributed by atoms with Gasteiger partial charge in [0, 0.05) is 26.2 Å². The third-order valence-electron chi connectivity index (χ3n) is 6.62. The van der Waals surface area contributed by atoms with Crippen molar-refractivity contribution in [2.75, 3.05) is 46.4 Å². The van der Waals surface area contributed by atoms with Crippen LogP contribution in [0.4, 0.5) is 4.79 Å². The van der Waals surface area contributed by atoms with E-state index in [9.17, 15) is 14.9 Å².